The number of nitrogens with one attached hydrogen (secondary N) is 1. The molecule has 3 amide bonds. The molecule has 2 heterocycles. The number of benzene rings is 1. The van der Waals surface area contributed by atoms with Gasteiger partial charge in [-0.3, -0.25) is 9.48 Å². The number of hydrogen-bond acceptors (Lipinski definition) is 5. The van der Waals surface area contributed by atoms with Gasteiger partial charge >= 0.3 is 12.2 Å². The maximum absolute atomic E-state index is 12.9. The van der Waals surface area contributed by atoms with Crippen LogP contribution in [0, 0.1) is 6.92 Å². The summed E-state index contributed by atoms with van der Waals surface area (Å²) in [5.41, 5.74) is -0.180. The number of rotatable bonds is 3. The summed E-state index contributed by atoms with van der Waals surface area (Å²) in [4.78, 5) is 28.3. The Morgan fingerprint density at radius 1 is 1.29 bits per heavy atom. The fraction of sp³-hybridized carbons (Fsp3) is 0.176. The number of hydrogen-bond donors (Lipinski definition) is 2. The number of anilines is 2. The highest BCUT2D eigenvalue weighted by atomic mass is 19.4. The molecule has 0 atom stereocenters. The molecule has 0 spiro atoms. The first kappa shape index (κ1) is 19.1. The lowest BCUT2D eigenvalue weighted by atomic mass is 10.1. The van der Waals surface area contributed by atoms with E-state index in [4.69, 9.17) is 0 Å². The standard InChI is InChI=1S/C17H14F3N5O3/c1-9-14-5-11(7-21-15(14)24(2)23-9)22-16(28)25(8-26)12-3-10(17(18,19)20)4-13(27)6-12/h3-8,27H,1-2H3,(H,22,28). The van der Waals surface area contributed by atoms with Gasteiger partial charge in [0.05, 0.1) is 28.8 Å². The van der Waals surface area contributed by atoms with Gasteiger partial charge in [-0.15, -0.1) is 0 Å². The van der Waals surface area contributed by atoms with Gasteiger partial charge in [-0.05, 0) is 25.1 Å². The minimum Gasteiger partial charge on any atom is -0.508 e. The Bertz CT molecular complexity index is 1080. The van der Waals surface area contributed by atoms with Crippen molar-refractivity contribution < 1.29 is 27.9 Å². The van der Waals surface area contributed by atoms with Crippen molar-refractivity contribution in [3.05, 3.63) is 41.7 Å². The monoisotopic (exact) mass is 393 g/mol. The largest absolute Gasteiger partial charge is 0.508 e. The van der Waals surface area contributed by atoms with Gasteiger partial charge in [0, 0.05) is 18.5 Å². The second kappa shape index (κ2) is 6.83. The molecule has 28 heavy (non-hydrogen) atoms. The first-order chi connectivity index (χ1) is 13.1. The van der Waals surface area contributed by atoms with Crippen LogP contribution in [0.25, 0.3) is 11.0 Å². The van der Waals surface area contributed by atoms with Crippen molar-refractivity contribution in [2.45, 2.75) is 13.1 Å². The molecular weight excluding hydrogens is 379 g/mol. The number of pyridine rings is 1. The molecule has 1 aromatic carbocycles. The van der Waals surface area contributed by atoms with Crippen LogP contribution in [-0.2, 0) is 18.0 Å². The van der Waals surface area contributed by atoms with E-state index in [2.05, 4.69) is 15.4 Å². The number of amides is 3. The van der Waals surface area contributed by atoms with Gasteiger partial charge in [0.15, 0.2) is 5.65 Å². The number of aromatic nitrogens is 3. The molecule has 0 saturated carbocycles. The molecular formula is C17H14F3N5O3. The normalized spacial score (nSPS) is 11.5. The van der Waals surface area contributed by atoms with E-state index in [1.807, 2.05) is 0 Å². The van der Waals surface area contributed by atoms with Gasteiger partial charge in [-0.25, -0.2) is 14.7 Å². The lowest BCUT2D eigenvalue weighted by molar-refractivity contribution is -0.137. The zero-order chi connectivity index (χ0) is 20.6. The molecule has 0 aliphatic carbocycles. The van der Waals surface area contributed by atoms with Crippen molar-refractivity contribution in [1.82, 2.24) is 14.8 Å². The van der Waals surface area contributed by atoms with Gasteiger partial charge in [-0.2, -0.15) is 18.3 Å². The Morgan fingerprint density at radius 3 is 2.64 bits per heavy atom. The third-order valence-electron chi connectivity index (χ3n) is 3.95. The van der Waals surface area contributed by atoms with Crippen LogP contribution in [0.15, 0.2) is 30.5 Å². The number of fused-ring (bicyclic) bond motifs is 1. The highest BCUT2D eigenvalue weighted by molar-refractivity contribution is 6.12. The Hall–Kier alpha value is -3.63. The van der Waals surface area contributed by atoms with Crippen molar-refractivity contribution in [1.29, 1.82) is 0 Å². The number of alkyl halides is 3. The summed E-state index contributed by atoms with van der Waals surface area (Å²) >= 11 is 0. The molecule has 146 valence electrons. The Kier molecular flexibility index (Phi) is 4.67. The van der Waals surface area contributed by atoms with E-state index in [9.17, 15) is 27.9 Å². The van der Waals surface area contributed by atoms with Crippen molar-refractivity contribution in [3.63, 3.8) is 0 Å². The molecule has 0 unspecified atom stereocenters. The first-order valence-corrected chi connectivity index (χ1v) is 7.86. The second-order valence-corrected chi connectivity index (χ2v) is 5.95. The number of urea groups is 1. The molecule has 0 aliphatic heterocycles. The van der Waals surface area contributed by atoms with Crippen LogP contribution in [-0.4, -0.2) is 32.3 Å². The molecule has 11 heteroatoms. The quantitative estimate of drug-likeness (QED) is 0.666. The molecule has 8 nitrogen and oxygen atoms in total. The molecule has 3 aromatic rings. The fourth-order valence-electron chi connectivity index (χ4n) is 2.68. The number of phenols is 1. The SMILES string of the molecule is Cc1nn(C)c2ncc(NC(=O)N(C=O)c3cc(O)cc(C(F)(F)F)c3)cc12. The molecule has 0 aliphatic rings. The number of aromatic hydroxyl groups is 1. The van der Waals surface area contributed by atoms with Crippen molar-refractivity contribution >= 4 is 34.8 Å². The van der Waals surface area contributed by atoms with Crippen LogP contribution in [0.3, 0.4) is 0 Å². The van der Waals surface area contributed by atoms with E-state index < -0.39 is 29.2 Å². The lowest BCUT2D eigenvalue weighted by Crippen LogP contribution is -2.34. The molecule has 2 N–H and O–H groups in total. The van der Waals surface area contributed by atoms with Crippen LogP contribution in [0.1, 0.15) is 11.3 Å². The van der Waals surface area contributed by atoms with Crippen LogP contribution < -0.4 is 10.2 Å². The van der Waals surface area contributed by atoms with E-state index in [0.717, 1.165) is 6.07 Å². The summed E-state index contributed by atoms with van der Waals surface area (Å²) in [5, 5.41) is 16.8. The minimum atomic E-state index is -4.76. The van der Waals surface area contributed by atoms with Crippen molar-refractivity contribution in [2.24, 2.45) is 7.05 Å². The number of aryl methyl sites for hydroxylation is 2. The van der Waals surface area contributed by atoms with Gasteiger partial charge in [-0.1, -0.05) is 0 Å². The Morgan fingerprint density at radius 2 is 2.00 bits per heavy atom. The molecule has 0 fully saturated rings. The maximum Gasteiger partial charge on any atom is 0.416 e. The summed E-state index contributed by atoms with van der Waals surface area (Å²) in [6, 6.07) is 2.51. The van der Waals surface area contributed by atoms with E-state index >= 15 is 0 Å². The third kappa shape index (κ3) is 3.59. The highest BCUT2D eigenvalue weighted by Gasteiger charge is 2.32. The second-order valence-electron chi connectivity index (χ2n) is 5.95. The maximum atomic E-state index is 12.9. The van der Waals surface area contributed by atoms with Crippen LogP contribution in [0.4, 0.5) is 29.3 Å². The fourth-order valence-corrected chi connectivity index (χ4v) is 2.68. The molecule has 0 saturated heterocycles. The predicted octanol–water partition coefficient (Wildman–Crippen LogP) is 3.20. The van der Waals surface area contributed by atoms with Gasteiger partial charge in [0.2, 0.25) is 6.41 Å². The van der Waals surface area contributed by atoms with Crippen LogP contribution in [0.5, 0.6) is 5.75 Å². The molecule has 0 bridgehead atoms. The number of carbonyl (C=O) groups is 2. The van der Waals surface area contributed by atoms with Crippen LogP contribution >= 0.6 is 0 Å². The zero-order valence-corrected chi connectivity index (χ0v) is 14.7. The number of imide groups is 1. The number of halogens is 3. The van der Waals surface area contributed by atoms with Crippen molar-refractivity contribution in [3.8, 4) is 5.75 Å². The van der Waals surface area contributed by atoms with E-state index in [1.165, 1.54) is 6.20 Å². The number of carbonyl (C=O) groups excluding carboxylic acids is 2. The summed E-state index contributed by atoms with van der Waals surface area (Å²) in [7, 11) is 1.70. The summed E-state index contributed by atoms with van der Waals surface area (Å²) in [6.07, 6.45) is -3.38. The van der Waals surface area contributed by atoms with Crippen molar-refractivity contribution in [2.75, 3.05) is 10.2 Å². The lowest BCUT2D eigenvalue weighted by Gasteiger charge is -2.18. The third-order valence-corrected chi connectivity index (χ3v) is 3.95. The average Bonchev–Trinajstić information content (AvgIpc) is 2.88. The highest BCUT2D eigenvalue weighted by Crippen LogP contribution is 2.34. The number of phenolic OH excluding ortho intramolecular Hbond substituents is 1. The van der Waals surface area contributed by atoms with Gasteiger partial charge in [0.1, 0.15) is 5.75 Å². The summed E-state index contributed by atoms with van der Waals surface area (Å²) < 4.78 is 40.3. The molecule has 0 radical (unpaired) electrons. The Balaban J connectivity index is 1.91. The topological polar surface area (TPSA) is 100 Å². The average molecular weight is 393 g/mol. The predicted molar refractivity (Wildman–Crippen MR) is 93.9 cm³/mol. The van der Waals surface area contributed by atoms with E-state index in [1.54, 1.807) is 24.7 Å². The summed E-state index contributed by atoms with van der Waals surface area (Å²) in [6.45, 7) is 1.75. The summed E-state index contributed by atoms with van der Waals surface area (Å²) in [5.74, 6) is -0.737. The van der Waals surface area contributed by atoms with E-state index in [-0.39, 0.29) is 12.1 Å². The van der Waals surface area contributed by atoms with E-state index in [0.29, 0.717) is 33.8 Å². The number of nitrogens with zero attached hydrogens (tertiary/aromatic N) is 4. The minimum absolute atomic E-state index is 0.0472. The Labute approximate surface area is 156 Å². The smallest absolute Gasteiger partial charge is 0.416 e. The zero-order valence-electron chi connectivity index (χ0n) is 14.7. The van der Waals surface area contributed by atoms with Gasteiger partial charge < -0.3 is 10.4 Å². The first-order valence-electron chi connectivity index (χ1n) is 7.86. The van der Waals surface area contributed by atoms with Gasteiger partial charge in [0.25, 0.3) is 0 Å². The van der Waals surface area contributed by atoms with Crippen LogP contribution in [0.2, 0.25) is 0 Å². The molecule has 3 rings (SSSR count). The molecule has 2 aromatic heterocycles.